The van der Waals surface area contributed by atoms with Crippen LogP contribution in [0.15, 0.2) is 12.1 Å². The number of hydrogen-bond acceptors (Lipinski definition) is 5. The molecule has 1 rings (SSSR count). The molecule has 0 heterocycles. The molecule has 0 saturated heterocycles. The number of rotatable bonds is 7. The van der Waals surface area contributed by atoms with E-state index < -0.39 is 10.1 Å². The van der Waals surface area contributed by atoms with Crippen LogP contribution in [0.25, 0.3) is 0 Å². The molecule has 0 aliphatic carbocycles. The second-order valence-electron chi connectivity index (χ2n) is 3.60. The van der Waals surface area contributed by atoms with Gasteiger partial charge in [-0.15, -0.1) is 0 Å². The Bertz CT molecular complexity index is 530. The molecule has 0 saturated carbocycles. The molecule has 0 amide bonds. The second-order valence-corrected chi connectivity index (χ2v) is 6.08. The Morgan fingerprint density at radius 2 is 1.95 bits per heavy atom. The van der Waals surface area contributed by atoms with E-state index in [1.54, 1.807) is 0 Å². The van der Waals surface area contributed by atoms with Crippen molar-refractivity contribution in [2.75, 3.05) is 19.7 Å². The van der Waals surface area contributed by atoms with E-state index in [0.717, 1.165) is 6.26 Å². The summed E-state index contributed by atoms with van der Waals surface area (Å²) in [5.74, 6) is 0.295. The lowest BCUT2D eigenvalue weighted by Crippen LogP contribution is -2.07. The molecule has 0 aliphatic heterocycles. The topological polar surface area (TPSA) is 61.8 Å². The largest absolute Gasteiger partial charge is 0.466 e. The summed E-state index contributed by atoms with van der Waals surface area (Å²) in [5.41, 5.74) is 0.433. The SMILES string of the molecule is CCOCOc1c(Cl)cc(Cl)cc1COS(C)(=O)=O. The van der Waals surface area contributed by atoms with Crippen LogP contribution in [0.5, 0.6) is 5.75 Å². The molecular weight excluding hydrogens is 315 g/mol. The highest BCUT2D eigenvalue weighted by Gasteiger charge is 2.13. The van der Waals surface area contributed by atoms with Crippen molar-refractivity contribution in [1.82, 2.24) is 0 Å². The second kappa shape index (κ2) is 7.31. The van der Waals surface area contributed by atoms with E-state index in [0.29, 0.717) is 22.9 Å². The van der Waals surface area contributed by atoms with Crippen molar-refractivity contribution >= 4 is 33.3 Å². The highest BCUT2D eigenvalue weighted by atomic mass is 35.5. The lowest BCUT2D eigenvalue weighted by molar-refractivity contribution is 0.0214. The van der Waals surface area contributed by atoms with Gasteiger partial charge in [0.15, 0.2) is 6.79 Å². The average molecular weight is 329 g/mol. The van der Waals surface area contributed by atoms with Crippen molar-refractivity contribution < 1.29 is 22.1 Å². The maximum atomic E-state index is 11.0. The van der Waals surface area contributed by atoms with Gasteiger partial charge in [0, 0.05) is 17.2 Å². The van der Waals surface area contributed by atoms with Crippen LogP contribution in [0.1, 0.15) is 12.5 Å². The van der Waals surface area contributed by atoms with E-state index in [-0.39, 0.29) is 18.4 Å². The maximum absolute atomic E-state index is 11.0. The first kappa shape index (κ1) is 16.5. The summed E-state index contributed by atoms with van der Waals surface area (Å²) in [6, 6.07) is 3.02. The van der Waals surface area contributed by atoms with Crippen molar-refractivity contribution in [3.05, 3.63) is 27.7 Å². The summed E-state index contributed by atoms with van der Waals surface area (Å²) in [6.45, 7) is 2.10. The molecule has 0 N–H and O–H groups in total. The van der Waals surface area contributed by atoms with E-state index in [1.807, 2.05) is 6.92 Å². The molecule has 0 atom stereocenters. The summed E-state index contributed by atoms with van der Waals surface area (Å²) in [5, 5.41) is 0.625. The highest BCUT2D eigenvalue weighted by Crippen LogP contribution is 2.33. The lowest BCUT2D eigenvalue weighted by atomic mass is 10.2. The summed E-state index contributed by atoms with van der Waals surface area (Å²) in [4.78, 5) is 0. The Labute approximate surface area is 122 Å². The quantitative estimate of drug-likeness (QED) is 0.437. The third-order valence-corrected chi connectivity index (χ3v) is 3.05. The van der Waals surface area contributed by atoms with Crippen LogP contribution in [0, 0.1) is 0 Å². The zero-order chi connectivity index (χ0) is 14.5. The third-order valence-electron chi connectivity index (χ3n) is 2.00. The first-order chi connectivity index (χ1) is 8.83. The van der Waals surface area contributed by atoms with Crippen LogP contribution in [-0.4, -0.2) is 28.1 Å². The van der Waals surface area contributed by atoms with Crippen molar-refractivity contribution in [2.45, 2.75) is 13.5 Å². The predicted molar refractivity (Wildman–Crippen MR) is 73.2 cm³/mol. The van der Waals surface area contributed by atoms with Crippen LogP contribution in [0.4, 0.5) is 0 Å². The third kappa shape index (κ3) is 5.97. The van der Waals surface area contributed by atoms with Crippen LogP contribution in [0.2, 0.25) is 10.0 Å². The van der Waals surface area contributed by atoms with E-state index >= 15 is 0 Å². The van der Waals surface area contributed by atoms with E-state index in [1.165, 1.54) is 12.1 Å². The summed E-state index contributed by atoms with van der Waals surface area (Å²) in [6.07, 6.45) is 0.958. The van der Waals surface area contributed by atoms with Gasteiger partial charge in [-0.3, -0.25) is 4.18 Å². The molecule has 0 spiro atoms. The molecule has 5 nitrogen and oxygen atoms in total. The van der Waals surface area contributed by atoms with Gasteiger partial charge in [-0.25, -0.2) is 0 Å². The standard InChI is InChI=1S/C11H14Cl2O5S/c1-3-16-7-17-11-8(6-18-19(2,14)15)4-9(12)5-10(11)13/h4-5H,3,6-7H2,1-2H3. The van der Waals surface area contributed by atoms with Crippen LogP contribution < -0.4 is 4.74 Å². The first-order valence-corrected chi connectivity index (χ1v) is 7.93. The molecule has 0 fully saturated rings. The maximum Gasteiger partial charge on any atom is 0.264 e. The summed E-state index contributed by atoms with van der Waals surface area (Å²) >= 11 is 11.9. The smallest absolute Gasteiger partial charge is 0.264 e. The normalized spacial score (nSPS) is 11.6. The van der Waals surface area contributed by atoms with Crippen LogP contribution in [0.3, 0.4) is 0 Å². The molecule has 0 aliphatic rings. The zero-order valence-electron chi connectivity index (χ0n) is 10.5. The Morgan fingerprint density at radius 1 is 1.26 bits per heavy atom. The molecule has 1 aromatic carbocycles. The van der Waals surface area contributed by atoms with Gasteiger partial charge >= 0.3 is 0 Å². The average Bonchev–Trinajstić information content (AvgIpc) is 2.28. The molecule has 0 radical (unpaired) electrons. The molecule has 0 aromatic heterocycles. The van der Waals surface area contributed by atoms with Gasteiger partial charge < -0.3 is 9.47 Å². The van der Waals surface area contributed by atoms with Gasteiger partial charge in [-0.2, -0.15) is 8.42 Å². The highest BCUT2D eigenvalue weighted by molar-refractivity contribution is 7.85. The minimum absolute atomic E-state index is 0.00370. The monoisotopic (exact) mass is 328 g/mol. The zero-order valence-corrected chi connectivity index (χ0v) is 12.8. The van der Waals surface area contributed by atoms with Gasteiger partial charge in [-0.05, 0) is 19.1 Å². The van der Waals surface area contributed by atoms with Gasteiger partial charge in [-0.1, -0.05) is 23.2 Å². The number of hydrogen-bond donors (Lipinski definition) is 0. The first-order valence-electron chi connectivity index (χ1n) is 5.36. The molecule has 0 unspecified atom stereocenters. The molecule has 1 aromatic rings. The van der Waals surface area contributed by atoms with Crippen LogP contribution in [-0.2, 0) is 25.6 Å². The minimum atomic E-state index is -3.56. The van der Waals surface area contributed by atoms with Crippen molar-refractivity contribution in [3.63, 3.8) is 0 Å². The molecule has 19 heavy (non-hydrogen) atoms. The van der Waals surface area contributed by atoms with Crippen LogP contribution >= 0.6 is 23.2 Å². The summed E-state index contributed by atoms with van der Waals surface area (Å²) in [7, 11) is -3.56. The Balaban J connectivity index is 2.92. The van der Waals surface area contributed by atoms with Gasteiger partial charge in [0.1, 0.15) is 5.75 Å². The summed E-state index contributed by atoms with van der Waals surface area (Å²) < 4.78 is 37.1. The van der Waals surface area contributed by atoms with E-state index in [2.05, 4.69) is 0 Å². The minimum Gasteiger partial charge on any atom is -0.466 e. The Hall–Kier alpha value is -0.530. The van der Waals surface area contributed by atoms with Crippen molar-refractivity contribution in [3.8, 4) is 5.75 Å². The van der Waals surface area contributed by atoms with E-state index in [4.69, 9.17) is 36.9 Å². The molecule has 108 valence electrons. The molecular formula is C11H14Cl2O5S. The lowest BCUT2D eigenvalue weighted by Gasteiger charge is -2.13. The van der Waals surface area contributed by atoms with E-state index in [9.17, 15) is 8.42 Å². The van der Waals surface area contributed by atoms with Gasteiger partial charge in [0.2, 0.25) is 0 Å². The number of halogens is 2. The van der Waals surface area contributed by atoms with Gasteiger partial charge in [0.05, 0.1) is 17.9 Å². The van der Waals surface area contributed by atoms with Gasteiger partial charge in [0.25, 0.3) is 10.1 Å². The molecule has 8 heteroatoms. The van der Waals surface area contributed by atoms with Crippen molar-refractivity contribution in [1.29, 1.82) is 0 Å². The number of benzene rings is 1. The predicted octanol–water partition coefficient (Wildman–Crippen LogP) is 2.84. The molecule has 0 bridgehead atoms. The Morgan fingerprint density at radius 3 is 2.53 bits per heavy atom. The fourth-order valence-electron chi connectivity index (χ4n) is 1.24. The number of ether oxygens (including phenoxy) is 2. The fraction of sp³-hybridized carbons (Fsp3) is 0.455. The van der Waals surface area contributed by atoms with Crippen molar-refractivity contribution in [2.24, 2.45) is 0 Å². The Kier molecular flexibility index (Phi) is 6.35. The fourth-order valence-corrected chi connectivity index (χ4v) is 2.17.